The summed E-state index contributed by atoms with van der Waals surface area (Å²) < 4.78 is 16.0. The molecule has 3 rings (SSSR count). The van der Waals surface area contributed by atoms with Gasteiger partial charge in [-0.25, -0.2) is 4.79 Å². The SMILES string of the molecule is COCCN1C(=O)NC(=O)/C(=C/c2cc3c(cc2Br)OCO3)C1=O. The van der Waals surface area contributed by atoms with Crippen molar-refractivity contribution in [1.82, 2.24) is 10.2 Å². The Labute approximate surface area is 145 Å². The zero-order valence-electron chi connectivity index (χ0n) is 12.6. The fourth-order valence-corrected chi connectivity index (χ4v) is 2.72. The third kappa shape index (κ3) is 3.00. The van der Waals surface area contributed by atoms with Gasteiger partial charge < -0.3 is 14.2 Å². The number of benzene rings is 1. The zero-order chi connectivity index (χ0) is 17.3. The van der Waals surface area contributed by atoms with Crippen LogP contribution in [-0.4, -0.2) is 49.8 Å². The highest BCUT2D eigenvalue weighted by Gasteiger charge is 2.35. The molecule has 126 valence electrons. The molecule has 0 bridgehead atoms. The van der Waals surface area contributed by atoms with Gasteiger partial charge in [-0.3, -0.25) is 19.8 Å². The van der Waals surface area contributed by atoms with Gasteiger partial charge in [0.25, 0.3) is 11.8 Å². The molecular formula is C15H13BrN2O6. The molecule has 2 heterocycles. The quantitative estimate of drug-likeness (QED) is 0.608. The van der Waals surface area contributed by atoms with Gasteiger partial charge in [0.15, 0.2) is 11.5 Å². The predicted octanol–water partition coefficient (Wildman–Crippen LogP) is 1.29. The van der Waals surface area contributed by atoms with Crippen LogP contribution in [0.15, 0.2) is 22.2 Å². The summed E-state index contributed by atoms with van der Waals surface area (Å²) in [5, 5.41) is 2.14. The number of imide groups is 2. The molecule has 1 saturated heterocycles. The molecule has 1 aromatic rings. The van der Waals surface area contributed by atoms with Crippen LogP contribution >= 0.6 is 15.9 Å². The molecule has 2 aliphatic heterocycles. The largest absolute Gasteiger partial charge is 0.454 e. The minimum absolute atomic E-state index is 0.0497. The Morgan fingerprint density at radius 1 is 1.29 bits per heavy atom. The summed E-state index contributed by atoms with van der Waals surface area (Å²) in [6.45, 7) is 0.336. The maximum atomic E-state index is 12.5. The van der Waals surface area contributed by atoms with Crippen LogP contribution in [0.4, 0.5) is 4.79 Å². The van der Waals surface area contributed by atoms with E-state index in [0.29, 0.717) is 21.5 Å². The van der Waals surface area contributed by atoms with E-state index >= 15 is 0 Å². The molecule has 0 atom stereocenters. The number of amides is 4. The van der Waals surface area contributed by atoms with Crippen molar-refractivity contribution in [1.29, 1.82) is 0 Å². The number of barbiturate groups is 1. The van der Waals surface area contributed by atoms with Crippen LogP contribution in [0.2, 0.25) is 0 Å². The monoisotopic (exact) mass is 396 g/mol. The van der Waals surface area contributed by atoms with E-state index in [1.54, 1.807) is 12.1 Å². The molecule has 0 saturated carbocycles. The van der Waals surface area contributed by atoms with Crippen molar-refractivity contribution in [2.75, 3.05) is 27.1 Å². The van der Waals surface area contributed by atoms with Gasteiger partial charge >= 0.3 is 6.03 Å². The first-order chi connectivity index (χ1) is 11.5. The van der Waals surface area contributed by atoms with E-state index in [2.05, 4.69) is 21.2 Å². The molecule has 2 aliphatic rings. The summed E-state index contributed by atoms with van der Waals surface area (Å²) in [5.41, 5.74) is 0.407. The molecule has 1 fully saturated rings. The molecule has 0 spiro atoms. The first-order valence-electron chi connectivity index (χ1n) is 6.98. The topological polar surface area (TPSA) is 94.2 Å². The first kappa shape index (κ1) is 16.5. The highest BCUT2D eigenvalue weighted by atomic mass is 79.9. The third-order valence-electron chi connectivity index (χ3n) is 3.50. The van der Waals surface area contributed by atoms with Crippen LogP contribution in [-0.2, 0) is 14.3 Å². The first-order valence-corrected chi connectivity index (χ1v) is 7.77. The summed E-state index contributed by atoms with van der Waals surface area (Å²) in [4.78, 5) is 37.2. The van der Waals surface area contributed by atoms with Gasteiger partial charge in [-0.2, -0.15) is 0 Å². The molecule has 1 N–H and O–H groups in total. The van der Waals surface area contributed by atoms with E-state index in [0.717, 1.165) is 4.90 Å². The maximum Gasteiger partial charge on any atom is 0.331 e. The zero-order valence-corrected chi connectivity index (χ0v) is 14.2. The molecule has 1 aromatic carbocycles. The molecule has 9 heteroatoms. The molecule has 4 amide bonds. The number of nitrogens with zero attached hydrogens (tertiary/aromatic N) is 1. The van der Waals surface area contributed by atoms with Crippen molar-refractivity contribution in [3.8, 4) is 11.5 Å². The summed E-state index contributed by atoms with van der Waals surface area (Å²) in [7, 11) is 1.46. The second-order valence-corrected chi connectivity index (χ2v) is 5.85. The number of carbonyl (C=O) groups is 3. The van der Waals surface area contributed by atoms with Gasteiger partial charge in [0.2, 0.25) is 6.79 Å². The lowest BCUT2D eigenvalue weighted by atomic mass is 10.1. The molecule has 0 unspecified atom stereocenters. The summed E-state index contributed by atoms with van der Waals surface area (Å²) in [5.74, 6) is -0.338. The number of fused-ring (bicyclic) bond motifs is 1. The fraction of sp³-hybridized carbons (Fsp3) is 0.267. The standard InChI is InChI=1S/C15H13BrN2O6/c1-22-3-2-18-14(20)9(13(19)17-15(18)21)4-8-5-11-12(6-10(8)16)24-7-23-11/h4-6H,2-3,7H2,1H3,(H,17,19,21)/b9-4-. The average Bonchev–Trinajstić information content (AvgIpc) is 2.98. The van der Waals surface area contributed by atoms with Gasteiger partial charge in [-0.1, -0.05) is 15.9 Å². The predicted molar refractivity (Wildman–Crippen MR) is 85.4 cm³/mol. The molecule has 0 aliphatic carbocycles. The van der Waals surface area contributed by atoms with Crippen LogP contribution in [0.5, 0.6) is 11.5 Å². The normalized spacial score (nSPS) is 18.3. The Bertz CT molecular complexity index is 761. The number of urea groups is 1. The van der Waals surface area contributed by atoms with Crippen molar-refractivity contribution in [2.45, 2.75) is 0 Å². The molecular weight excluding hydrogens is 384 g/mol. The van der Waals surface area contributed by atoms with Gasteiger partial charge in [-0.15, -0.1) is 0 Å². The van der Waals surface area contributed by atoms with Crippen LogP contribution in [0.1, 0.15) is 5.56 Å². The van der Waals surface area contributed by atoms with Gasteiger partial charge in [-0.05, 0) is 23.8 Å². The Morgan fingerprint density at radius 2 is 2.00 bits per heavy atom. The molecule has 0 radical (unpaired) electrons. The minimum atomic E-state index is -0.760. The fourth-order valence-electron chi connectivity index (χ4n) is 2.28. The van der Waals surface area contributed by atoms with Gasteiger partial charge in [0.05, 0.1) is 13.2 Å². The van der Waals surface area contributed by atoms with Crippen LogP contribution in [0.25, 0.3) is 6.08 Å². The average molecular weight is 397 g/mol. The summed E-state index contributed by atoms with van der Waals surface area (Å²) in [6, 6.07) is 2.58. The van der Waals surface area contributed by atoms with Crippen molar-refractivity contribution < 1.29 is 28.6 Å². The number of carbonyl (C=O) groups excluding carboxylic acids is 3. The van der Waals surface area contributed by atoms with E-state index in [1.807, 2.05) is 0 Å². The van der Waals surface area contributed by atoms with Crippen LogP contribution < -0.4 is 14.8 Å². The van der Waals surface area contributed by atoms with Gasteiger partial charge in [0, 0.05) is 11.6 Å². The highest BCUT2D eigenvalue weighted by Crippen LogP contribution is 2.37. The van der Waals surface area contributed by atoms with Crippen molar-refractivity contribution in [2.24, 2.45) is 0 Å². The number of methoxy groups -OCH3 is 1. The van der Waals surface area contributed by atoms with Crippen LogP contribution in [0, 0.1) is 0 Å². The number of halogens is 1. The number of ether oxygens (including phenoxy) is 3. The van der Waals surface area contributed by atoms with E-state index in [-0.39, 0.29) is 25.5 Å². The summed E-state index contributed by atoms with van der Waals surface area (Å²) >= 11 is 3.36. The number of rotatable bonds is 4. The number of hydrogen-bond donors (Lipinski definition) is 1. The molecule has 0 aromatic heterocycles. The lowest BCUT2D eigenvalue weighted by molar-refractivity contribution is -0.130. The smallest absolute Gasteiger partial charge is 0.331 e. The van der Waals surface area contributed by atoms with E-state index in [1.165, 1.54) is 13.2 Å². The van der Waals surface area contributed by atoms with E-state index < -0.39 is 17.8 Å². The highest BCUT2D eigenvalue weighted by molar-refractivity contribution is 9.10. The van der Waals surface area contributed by atoms with Crippen molar-refractivity contribution in [3.63, 3.8) is 0 Å². The van der Waals surface area contributed by atoms with Gasteiger partial charge in [0.1, 0.15) is 5.57 Å². The molecule has 24 heavy (non-hydrogen) atoms. The Kier molecular flexibility index (Phi) is 4.54. The Morgan fingerprint density at radius 3 is 2.71 bits per heavy atom. The summed E-state index contributed by atoms with van der Waals surface area (Å²) in [6.07, 6.45) is 1.40. The second-order valence-electron chi connectivity index (χ2n) is 4.99. The van der Waals surface area contributed by atoms with E-state index in [9.17, 15) is 14.4 Å². The molecule has 8 nitrogen and oxygen atoms in total. The second kappa shape index (κ2) is 6.62. The Balaban J connectivity index is 1.94. The van der Waals surface area contributed by atoms with Crippen molar-refractivity contribution in [3.05, 3.63) is 27.7 Å². The number of nitrogens with one attached hydrogen (secondary N) is 1. The number of hydrogen-bond acceptors (Lipinski definition) is 6. The maximum absolute atomic E-state index is 12.5. The van der Waals surface area contributed by atoms with E-state index in [4.69, 9.17) is 14.2 Å². The third-order valence-corrected chi connectivity index (χ3v) is 4.18. The van der Waals surface area contributed by atoms with Crippen molar-refractivity contribution >= 4 is 39.9 Å². The lowest BCUT2D eigenvalue weighted by Crippen LogP contribution is -2.54. The minimum Gasteiger partial charge on any atom is -0.454 e. The lowest BCUT2D eigenvalue weighted by Gasteiger charge is -2.26. The van der Waals surface area contributed by atoms with Crippen LogP contribution in [0.3, 0.4) is 0 Å². The Hall–Kier alpha value is -2.39.